The average Bonchev–Trinajstić information content (AvgIpc) is 3.13. The number of hydrogen-bond donors (Lipinski definition) is 5. The molecule has 0 spiro atoms. The zero-order valence-electron chi connectivity index (χ0n) is 16.7. The molecular weight excluding hydrogens is 463 g/mol. The predicted octanol–water partition coefficient (Wildman–Crippen LogP) is 0.984. The number of benzene rings is 2. The number of hydrogen-bond acceptors (Lipinski definition) is 8. The molecule has 0 fully saturated rings. The molecule has 0 aliphatic heterocycles. The Morgan fingerprint density at radius 1 is 1.00 bits per heavy atom. The Morgan fingerprint density at radius 2 is 1.62 bits per heavy atom. The van der Waals surface area contributed by atoms with Gasteiger partial charge in [-0.3, -0.25) is 4.68 Å². The lowest BCUT2D eigenvalue weighted by Gasteiger charge is -2.28. The van der Waals surface area contributed by atoms with E-state index in [9.17, 15) is 25.2 Å². The fraction of sp³-hybridized carbons (Fsp3) is 0.333. The van der Waals surface area contributed by atoms with Crippen molar-refractivity contribution in [1.82, 2.24) is 9.78 Å². The number of ether oxygens (including phenoxy) is 1. The highest BCUT2D eigenvalue weighted by atomic mass is 35.5. The van der Waals surface area contributed by atoms with Crippen LogP contribution in [0.15, 0.2) is 42.5 Å². The van der Waals surface area contributed by atoms with Crippen molar-refractivity contribution in [3.63, 3.8) is 0 Å². The van der Waals surface area contributed by atoms with E-state index in [0.29, 0.717) is 20.9 Å². The molecule has 0 unspecified atom stereocenters. The summed E-state index contributed by atoms with van der Waals surface area (Å²) in [6.45, 7) is -1.45. The number of fused-ring (bicyclic) bond motifs is 1. The molecule has 0 bridgehead atoms. The molecule has 1 heterocycles. The number of carbonyl (C=O) groups excluding carboxylic acids is 1. The highest BCUT2D eigenvalue weighted by Gasteiger charge is 2.36. The summed E-state index contributed by atoms with van der Waals surface area (Å²) in [4.78, 5) is 12.9. The van der Waals surface area contributed by atoms with Crippen LogP contribution in [-0.4, -0.2) is 78.9 Å². The average molecular weight is 485 g/mol. The van der Waals surface area contributed by atoms with E-state index in [-0.39, 0.29) is 12.2 Å². The van der Waals surface area contributed by atoms with Crippen LogP contribution in [-0.2, 0) is 11.3 Å². The first-order valence-corrected chi connectivity index (χ1v) is 10.4. The van der Waals surface area contributed by atoms with Crippen molar-refractivity contribution in [2.24, 2.45) is 0 Å². The molecular formula is C21H22Cl2N2O7. The van der Waals surface area contributed by atoms with Gasteiger partial charge in [0.05, 0.1) is 25.3 Å². The van der Waals surface area contributed by atoms with E-state index in [1.54, 1.807) is 47.1 Å². The van der Waals surface area contributed by atoms with Gasteiger partial charge in [0.2, 0.25) is 0 Å². The molecule has 11 heteroatoms. The van der Waals surface area contributed by atoms with E-state index >= 15 is 0 Å². The fourth-order valence-corrected chi connectivity index (χ4v) is 3.83. The summed E-state index contributed by atoms with van der Waals surface area (Å²) in [6, 6.07) is 11.9. The molecule has 0 amide bonds. The van der Waals surface area contributed by atoms with Gasteiger partial charge in [-0.1, -0.05) is 41.4 Å². The fourth-order valence-electron chi connectivity index (χ4n) is 3.26. The molecule has 1 aromatic heterocycles. The summed E-state index contributed by atoms with van der Waals surface area (Å²) < 4.78 is 6.74. The minimum absolute atomic E-state index is 0.102. The van der Waals surface area contributed by atoms with Crippen molar-refractivity contribution in [3.05, 3.63) is 63.8 Å². The summed E-state index contributed by atoms with van der Waals surface area (Å²) in [7, 11) is 0. The maximum atomic E-state index is 12.9. The molecule has 0 saturated heterocycles. The van der Waals surface area contributed by atoms with Gasteiger partial charge in [-0.25, -0.2) is 4.79 Å². The predicted molar refractivity (Wildman–Crippen MR) is 117 cm³/mol. The van der Waals surface area contributed by atoms with Crippen LogP contribution in [0.2, 0.25) is 10.0 Å². The van der Waals surface area contributed by atoms with Crippen molar-refractivity contribution >= 4 is 40.1 Å². The Morgan fingerprint density at radius 3 is 2.25 bits per heavy atom. The summed E-state index contributed by atoms with van der Waals surface area (Å²) >= 11 is 12.1. The second-order valence-electron chi connectivity index (χ2n) is 7.16. The van der Waals surface area contributed by atoms with Crippen LogP contribution in [0, 0.1) is 0 Å². The first-order valence-electron chi connectivity index (χ1n) is 9.62. The summed E-state index contributed by atoms with van der Waals surface area (Å²) in [5.41, 5.74) is 1.24. The van der Waals surface area contributed by atoms with Gasteiger partial charge < -0.3 is 30.3 Å². The zero-order chi connectivity index (χ0) is 23.4. The molecule has 0 radical (unpaired) electrons. The van der Waals surface area contributed by atoms with Crippen LogP contribution >= 0.6 is 23.2 Å². The molecule has 4 atom stereocenters. The third-order valence-electron chi connectivity index (χ3n) is 4.83. The number of halogens is 2. The number of aliphatic hydroxyl groups is 5. The van der Waals surface area contributed by atoms with E-state index in [1.807, 2.05) is 0 Å². The number of esters is 1. The lowest BCUT2D eigenvalue weighted by atomic mass is 10.0. The lowest BCUT2D eigenvalue weighted by molar-refractivity contribution is -0.128. The first-order chi connectivity index (χ1) is 15.2. The van der Waals surface area contributed by atoms with Crippen LogP contribution in [0.1, 0.15) is 16.1 Å². The van der Waals surface area contributed by atoms with E-state index in [1.165, 1.54) is 0 Å². The molecule has 5 N–H and O–H groups in total. The van der Waals surface area contributed by atoms with E-state index in [4.69, 9.17) is 33.0 Å². The standard InChI is InChI=1S/C21H22Cl2N2O7/c22-12-5-11(6-13(23)7-12)8-25-15-4-2-1-3-14(15)18(24-25)21(31)32-20(17(29)10-27)19(30)16(28)9-26/h1-7,16-17,19-20,26-30H,8-10H2/t16-,17-,19-,20-/m1/s1. The van der Waals surface area contributed by atoms with Crippen LogP contribution in [0.5, 0.6) is 0 Å². The van der Waals surface area contributed by atoms with Crippen molar-refractivity contribution in [2.45, 2.75) is 31.0 Å². The molecule has 9 nitrogen and oxygen atoms in total. The maximum absolute atomic E-state index is 12.9. The van der Waals surface area contributed by atoms with Gasteiger partial charge in [-0.05, 0) is 29.8 Å². The number of carbonyl (C=O) groups is 1. The molecule has 3 aromatic rings. The number of rotatable bonds is 9. The van der Waals surface area contributed by atoms with Gasteiger partial charge in [-0.2, -0.15) is 5.10 Å². The molecule has 0 aliphatic carbocycles. The Bertz CT molecular complexity index is 1070. The largest absolute Gasteiger partial charge is 0.452 e. The molecule has 3 rings (SSSR count). The molecule has 0 saturated carbocycles. The first kappa shape index (κ1) is 24.4. The van der Waals surface area contributed by atoms with Gasteiger partial charge in [0.15, 0.2) is 11.8 Å². The zero-order valence-corrected chi connectivity index (χ0v) is 18.2. The number of nitrogens with zero attached hydrogens (tertiary/aromatic N) is 2. The van der Waals surface area contributed by atoms with Gasteiger partial charge >= 0.3 is 5.97 Å². The van der Waals surface area contributed by atoms with Crippen LogP contribution in [0.3, 0.4) is 0 Å². The highest BCUT2D eigenvalue weighted by Crippen LogP contribution is 2.24. The topological polar surface area (TPSA) is 145 Å². The van der Waals surface area contributed by atoms with Crippen LogP contribution in [0.25, 0.3) is 10.9 Å². The Labute approximate surface area is 193 Å². The normalized spacial score (nSPS) is 15.3. The van der Waals surface area contributed by atoms with Gasteiger partial charge in [0, 0.05) is 15.4 Å². The van der Waals surface area contributed by atoms with E-state index < -0.39 is 43.6 Å². The summed E-state index contributed by atoms with van der Waals surface area (Å²) in [6.07, 6.45) is -6.94. The van der Waals surface area contributed by atoms with E-state index in [2.05, 4.69) is 5.10 Å². The number of aliphatic hydroxyl groups excluding tert-OH is 5. The summed E-state index contributed by atoms with van der Waals surface area (Å²) in [5.74, 6) is -0.995. The van der Waals surface area contributed by atoms with Crippen molar-refractivity contribution < 1.29 is 35.1 Å². The molecule has 0 aliphatic rings. The third-order valence-corrected chi connectivity index (χ3v) is 5.27. The van der Waals surface area contributed by atoms with Gasteiger partial charge in [0.25, 0.3) is 0 Å². The minimum Gasteiger partial charge on any atom is -0.452 e. The quantitative estimate of drug-likeness (QED) is 0.282. The molecule has 172 valence electrons. The Balaban J connectivity index is 1.95. The van der Waals surface area contributed by atoms with Crippen molar-refractivity contribution in [2.75, 3.05) is 13.2 Å². The maximum Gasteiger partial charge on any atom is 0.359 e. The Hall–Kier alpha value is -2.24. The third kappa shape index (κ3) is 5.38. The summed E-state index contributed by atoms with van der Waals surface area (Å²) in [5, 5.41) is 53.7. The van der Waals surface area contributed by atoms with E-state index in [0.717, 1.165) is 5.56 Å². The molecule has 2 aromatic carbocycles. The number of para-hydroxylation sites is 1. The van der Waals surface area contributed by atoms with Crippen LogP contribution < -0.4 is 0 Å². The highest BCUT2D eigenvalue weighted by molar-refractivity contribution is 6.34. The minimum atomic E-state index is -1.84. The lowest BCUT2D eigenvalue weighted by Crippen LogP contribution is -2.49. The second-order valence-corrected chi connectivity index (χ2v) is 8.03. The van der Waals surface area contributed by atoms with Gasteiger partial charge in [-0.15, -0.1) is 0 Å². The smallest absolute Gasteiger partial charge is 0.359 e. The van der Waals surface area contributed by atoms with Crippen LogP contribution in [0.4, 0.5) is 0 Å². The number of aromatic nitrogens is 2. The monoisotopic (exact) mass is 484 g/mol. The molecule has 32 heavy (non-hydrogen) atoms. The van der Waals surface area contributed by atoms with Gasteiger partial charge in [0.1, 0.15) is 18.3 Å². The second kappa shape index (κ2) is 10.6. The SMILES string of the molecule is O=C(O[C@@H]([C@H](O)[C@H](O)CO)[C@H](O)CO)c1nn(Cc2cc(Cl)cc(Cl)c2)c2ccccc12. The Kier molecular flexibility index (Phi) is 8.07. The van der Waals surface area contributed by atoms with Crippen molar-refractivity contribution in [1.29, 1.82) is 0 Å². The van der Waals surface area contributed by atoms with Crippen molar-refractivity contribution in [3.8, 4) is 0 Å².